The van der Waals surface area contributed by atoms with Gasteiger partial charge in [0.1, 0.15) is 5.58 Å². The molecule has 4 aromatic heterocycles. The Hall–Kier alpha value is -5.68. The molecule has 0 saturated heterocycles. The summed E-state index contributed by atoms with van der Waals surface area (Å²) in [7, 11) is 0. The molecule has 0 fully saturated rings. The summed E-state index contributed by atoms with van der Waals surface area (Å²) in [6.45, 7) is 6.78. The van der Waals surface area contributed by atoms with E-state index >= 15 is 0 Å². The van der Waals surface area contributed by atoms with Crippen LogP contribution in [0.2, 0.25) is 0 Å². The van der Waals surface area contributed by atoms with Gasteiger partial charge in [-0.1, -0.05) is 124 Å². The topological polar surface area (TPSA) is 56.7 Å². The van der Waals surface area contributed by atoms with Crippen molar-refractivity contribution >= 4 is 33.0 Å². The fraction of sp³-hybridized carbons (Fsp3) is 0.180. The van der Waals surface area contributed by atoms with Gasteiger partial charge in [-0.3, -0.25) is 9.97 Å². The van der Waals surface area contributed by atoms with Crippen LogP contribution in [0.15, 0.2) is 132 Å². The average molecular weight is 915 g/mol. The Kier molecular flexibility index (Phi) is 9.11. The summed E-state index contributed by atoms with van der Waals surface area (Å²) >= 11 is 0. The van der Waals surface area contributed by atoms with Crippen LogP contribution in [0, 0.1) is 32.8 Å². The molecule has 0 aliphatic rings. The monoisotopic (exact) mass is 915 g/mol. The molecular formula is C50H44IrN4O-2. The third-order valence-corrected chi connectivity index (χ3v) is 9.86. The Morgan fingerprint density at radius 1 is 0.714 bits per heavy atom. The average Bonchev–Trinajstić information content (AvgIpc) is 3.82. The zero-order valence-corrected chi connectivity index (χ0v) is 34.2. The van der Waals surface area contributed by atoms with Crippen LogP contribution in [-0.2, 0) is 20.1 Å². The maximum absolute atomic E-state index is 7.28. The number of fused-ring (bicyclic) bond motifs is 4. The number of furan rings is 1. The SMILES string of the molecule is Cc1nc(-c2ccccc2)cc2nc(-c3[c-]ccc4c3oc3ccccc34)n(-c3c(C(C)C)cccc3C(C)C)c12.[2H]C([2H])([2H])c1c[c-]c(-c2ccc(C([2H])([2H])[2H])cn2)cc1.[Ir]. The Labute approximate surface area is 351 Å². The van der Waals surface area contributed by atoms with E-state index in [9.17, 15) is 0 Å². The summed E-state index contributed by atoms with van der Waals surface area (Å²) in [5.41, 5.74) is 12.6. The number of nitrogens with zero attached hydrogens (tertiary/aromatic N) is 4. The second kappa shape index (κ2) is 16.2. The van der Waals surface area contributed by atoms with Gasteiger partial charge in [0.2, 0.25) is 0 Å². The number of rotatable bonds is 6. The van der Waals surface area contributed by atoms with E-state index in [0.29, 0.717) is 23.1 Å². The maximum atomic E-state index is 7.28. The van der Waals surface area contributed by atoms with Gasteiger partial charge < -0.3 is 14.0 Å². The van der Waals surface area contributed by atoms with Gasteiger partial charge in [0, 0.05) is 51.2 Å². The smallest absolute Gasteiger partial charge is 0.120 e. The van der Waals surface area contributed by atoms with Crippen LogP contribution in [0.4, 0.5) is 0 Å². The maximum Gasteiger partial charge on any atom is 0.120 e. The van der Waals surface area contributed by atoms with Crippen LogP contribution < -0.4 is 0 Å². The van der Waals surface area contributed by atoms with Crippen molar-refractivity contribution in [3.8, 4) is 39.6 Å². The van der Waals surface area contributed by atoms with E-state index < -0.39 is 13.7 Å². The molecule has 0 aliphatic heterocycles. The van der Waals surface area contributed by atoms with Crippen LogP contribution in [0.5, 0.6) is 0 Å². The van der Waals surface area contributed by atoms with Crippen LogP contribution in [0.1, 0.15) is 75.7 Å². The number of hydrogen-bond acceptors (Lipinski definition) is 4. The minimum absolute atomic E-state index is 0. The molecule has 4 heterocycles. The van der Waals surface area contributed by atoms with E-state index in [-0.39, 0.29) is 31.2 Å². The molecule has 0 amide bonds. The van der Waals surface area contributed by atoms with Gasteiger partial charge >= 0.3 is 0 Å². The first-order valence-corrected chi connectivity index (χ1v) is 18.5. The van der Waals surface area contributed by atoms with Crippen LogP contribution in [0.3, 0.4) is 0 Å². The van der Waals surface area contributed by atoms with E-state index in [1.54, 1.807) is 12.1 Å². The Morgan fingerprint density at radius 2 is 1.45 bits per heavy atom. The molecular weight excluding hydrogens is 865 g/mol. The van der Waals surface area contributed by atoms with E-state index in [2.05, 4.69) is 111 Å². The van der Waals surface area contributed by atoms with Gasteiger partial charge in [0.25, 0.3) is 0 Å². The van der Waals surface area contributed by atoms with Gasteiger partial charge in [-0.05, 0) is 60.1 Å². The second-order valence-corrected chi connectivity index (χ2v) is 14.3. The number of aryl methyl sites for hydroxylation is 3. The fourth-order valence-electron chi connectivity index (χ4n) is 7.19. The van der Waals surface area contributed by atoms with Gasteiger partial charge in [0.05, 0.1) is 33.8 Å². The normalized spacial score (nSPS) is 13.3. The molecule has 0 spiro atoms. The van der Waals surface area contributed by atoms with Crippen LogP contribution >= 0.6 is 0 Å². The van der Waals surface area contributed by atoms with Crippen LogP contribution in [0.25, 0.3) is 72.6 Å². The zero-order valence-electron chi connectivity index (χ0n) is 37.8. The first kappa shape index (κ1) is 31.5. The van der Waals surface area contributed by atoms with Crippen molar-refractivity contribution in [3.63, 3.8) is 0 Å². The first-order valence-electron chi connectivity index (χ1n) is 21.5. The number of aromatic nitrogens is 4. The fourth-order valence-corrected chi connectivity index (χ4v) is 7.19. The quantitative estimate of drug-likeness (QED) is 0.156. The van der Waals surface area contributed by atoms with Crippen molar-refractivity contribution in [2.24, 2.45) is 0 Å². The van der Waals surface area contributed by atoms with Gasteiger partial charge in [-0.15, -0.1) is 53.6 Å². The predicted octanol–water partition coefficient (Wildman–Crippen LogP) is 13.2. The minimum atomic E-state index is -2.18. The van der Waals surface area contributed by atoms with Gasteiger partial charge in [0.15, 0.2) is 0 Å². The number of hydrogen-bond donors (Lipinski definition) is 0. The summed E-state index contributed by atoms with van der Waals surface area (Å²) in [6.07, 6.45) is 1.30. The molecule has 0 unspecified atom stereocenters. The first-order chi connectivity index (χ1) is 29.1. The Morgan fingerprint density at radius 3 is 2.12 bits per heavy atom. The summed E-state index contributed by atoms with van der Waals surface area (Å²) in [5.74, 6) is 1.45. The third-order valence-electron chi connectivity index (χ3n) is 9.86. The van der Waals surface area contributed by atoms with Crippen molar-refractivity contribution in [2.75, 3.05) is 0 Å². The number of para-hydroxylation sites is 2. The van der Waals surface area contributed by atoms with E-state index in [1.165, 1.54) is 41.2 Å². The van der Waals surface area contributed by atoms with Crippen molar-refractivity contribution in [3.05, 3.63) is 168 Å². The summed E-state index contributed by atoms with van der Waals surface area (Å²) in [5, 5.41) is 2.16. The third kappa shape index (κ3) is 7.35. The largest absolute Gasteiger partial charge is 0.501 e. The van der Waals surface area contributed by atoms with Crippen LogP contribution in [-0.4, -0.2) is 19.5 Å². The molecule has 6 heteroatoms. The van der Waals surface area contributed by atoms with Crippen molar-refractivity contribution in [1.82, 2.24) is 19.5 Å². The Balaban J connectivity index is 0.000000233. The van der Waals surface area contributed by atoms with E-state index in [1.807, 2.05) is 36.4 Å². The van der Waals surface area contributed by atoms with Gasteiger partial charge in [-0.25, -0.2) is 0 Å². The van der Waals surface area contributed by atoms with Crippen molar-refractivity contribution in [2.45, 2.75) is 60.2 Å². The molecule has 9 rings (SSSR count). The number of pyridine rings is 2. The molecule has 56 heavy (non-hydrogen) atoms. The van der Waals surface area contributed by atoms with Crippen molar-refractivity contribution < 1.29 is 32.7 Å². The summed E-state index contributed by atoms with van der Waals surface area (Å²) in [6, 6.07) is 45.3. The Bertz CT molecular complexity index is 2930. The molecule has 281 valence electrons. The molecule has 5 nitrogen and oxygen atoms in total. The molecule has 0 bridgehead atoms. The van der Waals surface area contributed by atoms with Crippen molar-refractivity contribution in [1.29, 1.82) is 0 Å². The zero-order chi connectivity index (χ0) is 43.2. The summed E-state index contributed by atoms with van der Waals surface area (Å²) in [4.78, 5) is 14.6. The second-order valence-electron chi connectivity index (χ2n) is 14.3. The predicted molar refractivity (Wildman–Crippen MR) is 227 cm³/mol. The molecule has 0 saturated carbocycles. The molecule has 0 aliphatic carbocycles. The summed E-state index contributed by atoms with van der Waals surface area (Å²) < 4.78 is 52.5. The molecule has 9 aromatic rings. The number of benzene rings is 5. The van der Waals surface area contributed by atoms with E-state index in [0.717, 1.165) is 61.3 Å². The van der Waals surface area contributed by atoms with E-state index in [4.69, 9.17) is 22.6 Å². The molecule has 1 radical (unpaired) electrons. The standard InChI is InChI=1S/C37H32N3O.C13H12N.Ir/c1-22(2)26-16-11-17-27(23(3)4)35(26)40-34-24(5)38-31(25-13-7-6-8-14-25)21-32(34)39-37(40)30-19-12-18-29-28-15-9-10-20-33(28)41-36(29)30;1-10-3-6-12(7-4-10)13-8-5-11(2)9-14-13;/h6-18,20-23H,1-5H3;3-6,8-9H,1-2H3;/q2*-1;/i;1D3,2D3;. The minimum Gasteiger partial charge on any atom is -0.501 e. The molecule has 0 atom stereocenters. The number of imidazole rings is 1. The van der Waals surface area contributed by atoms with Gasteiger partial charge in [-0.2, -0.15) is 0 Å². The molecule has 5 aromatic carbocycles. The molecule has 0 N–H and O–H groups in total.